The number of piperazine rings is 1. The van der Waals surface area contributed by atoms with Crippen molar-refractivity contribution in [3.63, 3.8) is 0 Å². The van der Waals surface area contributed by atoms with Gasteiger partial charge in [0.2, 0.25) is 0 Å². The molecule has 1 amide bonds. The Morgan fingerprint density at radius 2 is 1.74 bits per heavy atom. The van der Waals surface area contributed by atoms with Gasteiger partial charge in [0.15, 0.2) is 5.75 Å². The van der Waals surface area contributed by atoms with E-state index in [4.69, 9.17) is 37.4 Å². The molecule has 0 aliphatic carbocycles. The van der Waals surface area contributed by atoms with Gasteiger partial charge in [-0.1, -0.05) is 35.3 Å². The zero-order valence-corrected chi connectivity index (χ0v) is 23.0. The second kappa shape index (κ2) is 12.0. The zero-order valence-electron chi connectivity index (χ0n) is 21.5. The van der Waals surface area contributed by atoms with Crippen LogP contribution in [0.25, 0.3) is 22.0 Å². The fourth-order valence-corrected chi connectivity index (χ4v) is 5.22. The molecule has 0 saturated carbocycles. The summed E-state index contributed by atoms with van der Waals surface area (Å²) >= 11 is 13.3. The lowest BCUT2D eigenvalue weighted by Crippen LogP contribution is -2.42. The molecule has 9 nitrogen and oxygen atoms in total. The van der Waals surface area contributed by atoms with Gasteiger partial charge in [0, 0.05) is 62.1 Å². The highest BCUT2D eigenvalue weighted by molar-refractivity contribution is 6.41. The zero-order chi connectivity index (χ0) is 27.4. The van der Waals surface area contributed by atoms with Crippen molar-refractivity contribution in [1.82, 2.24) is 20.2 Å². The Bertz CT molecular complexity index is 1470. The number of anilines is 1. The molecule has 2 aromatic heterocycles. The fourth-order valence-electron chi connectivity index (χ4n) is 4.52. The molecule has 202 valence electrons. The predicted octanol–water partition coefficient (Wildman–Crippen LogP) is 5.64. The number of ether oxygens (including phenoxy) is 3. The van der Waals surface area contributed by atoms with Crippen molar-refractivity contribution in [2.24, 2.45) is 0 Å². The van der Waals surface area contributed by atoms with Crippen molar-refractivity contribution in [2.45, 2.75) is 6.54 Å². The van der Waals surface area contributed by atoms with Crippen molar-refractivity contribution in [2.75, 3.05) is 45.7 Å². The SMILES string of the molecule is COc1cc(OC)c(Cl)c(-c2ccc(OC(=O)Nc3ccc(CN4CCNCC4)cn3)c3ncccc23)c1Cl. The Balaban J connectivity index is 1.37. The minimum Gasteiger partial charge on any atom is -0.495 e. The predicted molar refractivity (Wildman–Crippen MR) is 152 cm³/mol. The number of benzene rings is 2. The van der Waals surface area contributed by atoms with E-state index < -0.39 is 6.09 Å². The summed E-state index contributed by atoms with van der Waals surface area (Å²) < 4.78 is 16.5. The number of fused-ring (bicyclic) bond motifs is 1. The molecular formula is C28H27Cl2N5O4. The summed E-state index contributed by atoms with van der Waals surface area (Å²) in [4.78, 5) is 24.0. The molecule has 0 bridgehead atoms. The number of amides is 1. The molecule has 1 aliphatic rings. The van der Waals surface area contributed by atoms with Gasteiger partial charge in [-0.3, -0.25) is 15.2 Å². The van der Waals surface area contributed by atoms with Crippen LogP contribution in [-0.2, 0) is 6.54 Å². The van der Waals surface area contributed by atoms with E-state index in [1.165, 1.54) is 14.2 Å². The second-order valence-corrected chi connectivity index (χ2v) is 9.64. The van der Waals surface area contributed by atoms with Gasteiger partial charge in [-0.05, 0) is 35.4 Å². The molecule has 2 aromatic carbocycles. The molecule has 5 rings (SSSR count). The summed E-state index contributed by atoms with van der Waals surface area (Å²) in [7, 11) is 3.03. The molecular weight excluding hydrogens is 541 g/mol. The summed E-state index contributed by atoms with van der Waals surface area (Å²) in [5.41, 5.74) is 2.74. The van der Waals surface area contributed by atoms with Crippen LogP contribution in [0.5, 0.6) is 17.2 Å². The Morgan fingerprint density at radius 1 is 1.00 bits per heavy atom. The van der Waals surface area contributed by atoms with Gasteiger partial charge in [-0.2, -0.15) is 0 Å². The van der Waals surface area contributed by atoms with E-state index in [-0.39, 0.29) is 5.75 Å². The van der Waals surface area contributed by atoms with Crippen molar-refractivity contribution < 1.29 is 19.0 Å². The van der Waals surface area contributed by atoms with E-state index in [1.807, 2.05) is 12.1 Å². The van der Waals surface area contributed by atoms with Gasteiger partial charge >= 0.3 is 6.09 Å². The molecule has 4 aromatic rings. The van der Waals surface area contributed by atoms with Gasteiger partial charge in [0.25, 0.3) is 0 Å². The second-order valence-electron chi connectivity index (χ2n) is 8.89. The number of carbonyl (C=O) groups excluding carboxylic acids is 1. The number of halogens is 2. The highest BCUT2D eigenvalue weighted by atomic mass is 35.5. The molecule has 0 radical (unpaired) electrons. The number of nitrogens with one attached hydrogen (secondary N) is 2. The topological polar surface area (TPSA) is 97.8 Å². The van der Waals surface area contributed by atoms with Gasteiger partial charge in [-0.15, -0.1) is 0 Å². The maximum atomic E-state index is 12.8. The van der Waals surface area contributed by atoms with Crippen LogP contribution in [-0.4, -0.2) is 61.4 Å². The van der Waals surface area contributed by atoms with E-state index in [2.05, 4.69) is 25.5 Å². The van der Waals surface area contributed by atoms with Crippen molar-refractivity contribution in [1.29, 1.82) is 0 Å². The first-order chi connectivity index (χ1) is 19.0. The number of aromatic nitrogens is 2. The summed E-state index contributed by atoms with van der Waals surface area (Å²) in [6.07, 6.45) is 2.70. The van der Waals surface area contributed by atoms with Crippen LogP contribution in [0.2, 0.25) is 10.0 Å². The minimum atomic E-state index is -0.684. The number of rotatable bonds is 7. The molecule has 2 N–H and O–H groups in total. The third-order valence-electron chi connectivity index (χ3n) is 6.45. The normalized spacial score (nSPS) is 13.7. The Hall–Kier alpha value is -3.63. The fraction of sp³-hybridized carbons (Fsp3) is 0.250. The lowest BCUT2D eigenvalue weighted by atomic mass is 9.99. The number of methoxy groups -OCH3 is 2. The molecule has 39 heavy (non-hydrogen) atoms. The Morgan fingerprint density at radius 3 is 2.41 bits per heavy atom. The number of hydrogen-bond acceptors (Lipinski definition) is 8. The van der Waals surface area contributed by atoms with Crippen LogP contribution in [0.4, 0.5) is 10.6 Å². The third kappa shape index (κ3) is 5.86. The quantitative estimate of drug-likeness (QED) is 0.296. The average Bonchev–Trinajstić information content (AvgIpc) is 2.96. The van der Waals surface area contributed by atoms with Crippen LogP contribution in [0.3, 0.4) is 0 Å². The smallest absolute Gasteiger partial charge is 0.418 e. The summed E-state index contributed by atoms with van der Waals surface area (Å²) in [5, 5.41) is 7.35. The van der Waals surface area contributed by atoms with E-state index in [1.54, 1.807) is 42.7 Å². The molecule has 1 fully saturated rings. The van der Waals surface area contributed by atoms with E-state index >= 15 is 0 Å². The molecule has 1 saturated heterocycles. The van der Waals surface area contributed by atoms with Gasteiger partial charge in [0.1, 0.15) is 22.8 Å². The maximum Gasteiger partial charge on any atom is 0.418 e. The lowest BCUT2D eigenvalue weighted by molar-refractivity contribution is 0.215. The standard InChI is InChI=1S/C28H27Cl2N5O4/c1-37-21-14-22(38-2)26(30)24(25(21)29)18-6-7-20(27-19(18)4-3-9-32-27)39-28(36)34-23-8-5-17(15-33-23)16-35-12-10-31-11-13-35/h3-9,14-15,31H,10-13,16H2,1-2H3,(H,33,34,36). The Kier molecular flexibility index (Phi) is 8.33. The number of hydrogen-bond donors (Lipinski definition) is 2. The molecule has 0 atom stereocenters. The number of pyridine rings is 2. The number of nitrogens with zero attached hydrogens (tertiary/aromatic N) is 3. The molecule has 0 unspecified atom stereocenters. The van der Waals surface area contributed by atoms with Gasteiger partial charge < -0.3 is 19.5 Å². The largest absolute Gasteiger partial charge is 0.495 e. The lowest BCUT2D eigenvalue weighted by Gasteiger charge is -2.27. The maximum absolute atomic E-state index is 12.8. The highest BCUT2D eigenvalue weighted by Crippen LogP contribution is 2.48. The summed E-state index contributed by atoms with van der Waals surface area (Å²) in [5.74, 6) is 1.48. The summed E-state index contributed by atoms with van der Waals surface area (Å²) in [6.45, 7) is 4.78. The van der Waals surface area contributed by atoms with Crippen LogP contribution in [0.1, 0.15) is 5.56 Å². The van der Waals surface area contributed by atoms with Crippen LogP contribution in [0, 0.1) is 0 Å². The van der Waals surface area contributed by atoms with Crippen molar-refractivity contribution >= 4 is 46.0 Å². The number of carbonyl (C=O) groups is 1. The van der Waals surface area contributed by atoms with Gasteiger partial charge in [-0.25, -0.2) is 9.78 Å². The van der Waals surface area contributed by atoms with E-state index in [0.717, 1.165) is 38.3 Å². The van der Waals surface area contributed by atoms with Crippen LogP contribution >= 0.6 is 23.2 Å². The van der Waals surface area contributed by atoms with E-state index in [9.17, 15) is 4.79 Å². The molecule has 0 spiro atoms. The first kappa shape index (κ1) is 27.0. The first-order valence-corrected chi connectivity index (χ1v) is 13.1. The van der Waals surface area contributed by atoms with Crippen LogP contribution < -0.4 is 24.8 Å². The first-order valence-electron chi connectivity index (χ1n) is 12.3. The summed E-state index contributed by atoms with van der Waals surface area (Å²) in [6, 6.07) is 12.4. The minimum absolute atomic E-state index is 0.268. The van der Waals surface area contributed by atoms with Gasteiger partial charge in [0.05, 0.1) is 24.3 Å². The monoisotopic (exact) mass is 567 g/mol. The van der Waals surface area contributed by atoms with Crippen molar-refractivity contribution in [3.05, 3.63) is 70.5 Å². The molecule has 1 aliphatic heterocycles. The van der Waals surface area contributed by atoms with E-state index in [0.29, 0.717) is 49.4 Å². The third-order valence-corrected chi connectivity index (χ3v) is 7.20. The average molecular weight is 568 g/mol. The highest BCUT2D eigenvalue weighted by Gasteiger charge is 2.22. The molecule has 3 heterocycles. The molecule has 11 heteroatoms. The Labute approximate surface area is 236 Å². The van der Waals surface area contributed by atoms with Crippen molar-refractivity contribution in [3.8, 4) is 28.4 Å². The van der Waals surface area contributed by atoms with Crippen LogP contribution in [0.15, 0.2) is 54.9 Å².